The van der Waals surface area contributed by atoms with Crippen molar-refractivity contribution in [1.82, 2.24) is 0 Å². The molecule has 2 atom stereocenters. The first kappa shape index (κ1) is 6.69. The van der Waals surface area contributed by atoms with E-state index in [9.17, 15) is 0 Å². The summed E-state index contributed by atoms with van der Waals surface area (Å²) in [6, 6.07) is 0. The highest BCUT2D eigenvalue weighted by atomic mass is 14.6. The third-order valence-electron chi connectivity index (χ3n) is 3.89. The van der Waals surface area contributed by atoms with Gasteiger partial charge in [0.2, 0.25) is 0 Å². The SMILES string of the molecule is CC1CC[C]2CC1C2(C)C. The minimum Gasteiger partial charge on any atom is -0.0622 e. The molecule has 2 bridgehead atoms. The monoisotopic (exact) mass is 137 g/mol. The summed E-state index contributed by atoms with van der Waals surface area (Å²) in [5, 5.41) is 0. The minimum absolute atomic E-state index is 0.623. The number of fused-ring (bicyclic) bond motifs is 2. The van der Waals surface area contributed by atoms with Crippen molar-refractivity contribution in [2.75, 3.05) is 0 Å². The van der Waals surface area contributed by atoms with Crippen LogP contribution in [0.1, 0.15) is 40.0 Å². The molecule has 0 heteroatoms. The van der Waals surface area contributed by atoms with Crippen LogP contribution in [0.5, 0.6) is 0 Å². The Morgan fingerprint density at radius 2 is 2.10 bits per heavy atom. The van der Waals surface area contributed by atoms with Crippen LogP contribution in [0, 0.1) is 23.2 Å². The molecule has 0 aromatic rings. The number of hydrogen-bond acceptors (Lipinski definition) is 0. The predicted octanol–water partition coefficient (Wildman–Crippen LogP) is 3.04. The lowest BCUT2D eigenvalue weighted by atomic mass is 9.46. The van der Waals surface area contributed by atoms with Crippen LogP contribution in [0.4, 0.5) is 0 Å². The summed E-state index contributed by atoms with van der Waals surface area (Å²) in [5.41, 5.74) is 0.623. The Balaban J connectivity index is 2.16. The molecule has 3 saturated carbocycles. The van der Waals surface area contributed by atoms with Crippen molar-refractivity contribution in [3.63, 3.8) is 0 Å². The fourth-order valence-corrected chi connectivity index (χ4v) is 2.85. The van der Waals surface area contributed by atoms with E-state index in [1.165, 1.54) is 19.3 Å². The number of rotatable bonds is 0. The first-order valence-corrected chi connectivity index (χ1v) is 4.47. The van der Waals surface area contributed by atoms with Crippen LogP contribution in [0.25, 0.3) is 0 Å². The highest BCUT2D eigenvalue weighted by molar-refractivity contribution is 5.20. The zero-order chi connectivity index (χ0) is 7.35. The lowest BCUT2D eigenvalue weighted by molar-refractivity contribution is 0.0105. The highest BCUT2D eigenvalue weighted by Gasteiger charge is 2.53. The molecule has 0 saturated heterocycles. The third-order valence-corrected chi connectivity index (χ3v) is 3.89. The van der Waals surface area contributed by atoms with E-state index in [1.807, 2.05) is 5.92 Å². The van der Waals surface area contributed by atoms with Crippen molar-refractivity contribution in [2.24, 2.45) is 17.3 Å². The van der Waals surface area contributed by atoms with Gasteiger partial charge in [0.25, 0.3) is 0 Å². The zero-order valence-corrected chi connectivity index (χ0v) is 7.28. The molecule has 3 aliphatic rings. The van der Waals surface area contributed by atoms with E-state index in [1.54, 1.807) is 0 Å². The van der Waals surface area contributed by atoms with E-state index in [0.29, 0.717) is 5.41 Å². The fourth-order valence-electron chi connectivity index (χ4n) is 2.85. The van der Waals surface area contributed by atoms with E-state index in [2.05, 4.69) is 20.8 Å². The van der Waals surface area contributed by atoms with Crippen LogP contribution in [-0.4, -0.2) is 0 Å². The summed E-state index contributed by atoms with van der Waals surface area (Å²) in [6.45, 7) is 7.26. The van der Waals surface area contributed by atoms with Gasteiger partial charge >= 0.3 is 0 Å². The van der Waals surface area contributed by atoms with Gasteiger partial charge in [-0.05, 0) is 42.4 Å². The molecule has 0 N–H and O–H groups in total. The molecule has 0 nitrogen and oxygen atoms in total. The standard InChI is InChI=1S/C10H17/c1-7-4-5-8-6-9(7)10(8,2)3/h7,9H,4-6H2,1-3H3. The predicted molar refractivity (Wildman–Crippen MR) is 43.5 cm³/mol. The molecule has 0 aromatic heterocycles. The van der Waals surface area contributed by atoms with Crippen molar-refractivity contribution >= 4 is 0 Å². The van der Waals surface area contributed by atoms with Crippen LogP contribution in [0.2, 0.25) is 0 Å². The fraction of sp³-hybridized carbons (Fsp3) is 0.900. The summed E-state index contributed by atoms with van der Waals surface area (Å²) in [6.07, 6.45) is 4.34. The Kier molecular flexibility index (Phi) is 1.19. The van der Waals surface area contributed by atoms with Crippen LogP contribution in [0.15, 0.2) is 0 Å². The Morgan fingerprint density at radius 1 is 1.40 bits per heavy atom. The summed E-state index contributed by atoms with van der Waals surface area (Å²) in [4.78, 5) is 0. The molecule has 10 heavy (non-hydrogen) atoms. The van der Waals surface area contributed by atoms with Crippen molar-refractivity contribution in [2.45, 2.75) is 40.0 Å². The van der Waals surface area contributed by atoms with Gasteiger partial charge < -0.3 is 0 Å². The van der Waals surface area contributed by atoms with Gasteiger partial charge in [-0.15, -0.1) is 0 Å². The van der Waals surface area contributed by atoms with Crippen molar-refractivity contribution in [3.05, 3.63) is 5.92 Å². The molecule has 3 rings (SSSR count). The molecule has 0 aromatic carbocycles. The Morgan fingerprint density at radius 3 is 2.40 bits per heavy atom. The molecule has 0 amide bonds. The molecule has 0 heterocycles. The van der Waals surface area contributed by atoms with Gasteiger partial charge in [0, 0.05) is 0 Å². The van der Waals surface area contributed by atoms with Gasteiger partial charge in [0.15, 0.2) is 0 Å². The van der Waals surface area contributed by atoms with E-state index >= 15 is 0 Å². The molecule has 2 unspecified atom stereocenters. The average molecular weight is 137 g/mol. The van der Waals surface area contributed by atoms with Crippen molar-refractivity contribution < 1.29 is 0 Å². The maximum absolute atomic E-state index is 2.42. The maximum Gasteiger partial charge on any atom is -0.0179 e. The molecule has 0 aliphatic heterocycles. The largest absolute Gasteiger partial charge is 0.0622 e. The average Bonchev–Trinajstić information content (AvgIpc) is 1.87. The van der Waals surface area contributed by atoms with E-state index < -0.39 is 0 Å². The van der Waals surface area contributed by atoms with E-state index in [0.717, 1.165) is 11.8 Å². The van der Waals surface area contributed by atoms with Crippen LogP contribution < -0.4 is 0 Å². The summed E-state index contributed by atoms with van der Waals surface area (Å²) >= 11 is 0. The van der Waals surface area contributed by atoms with E-state index in [-0.39, 0.29) is 0 Å². The zero-order valence-electron chi connectivity index (χ0n) is 7.28. The van der Waals surface area contributed by atoms with Crippen LogP contribution >= 0.6 is 0 Å². The molecule has 1 radical (unpaired) electrons. The Bertz CT molecular complexity index is 144. The Hall–Kier alpha value is 0. The molecule has 57 valence electrons. The van der Waals surface area contributed by atoms with Crippen LogP contribution in [0.3, 0.4) is 0 Å². The van der Waals surface area contributed by atoms with Crippen LogP contribution in [-0.2, 0) is 0 Å². The van der Waals surface area contributed by atoms with E-state index in [4.69, 9.17) is 0 Å². The van der Waals surface area contributed by atoms with Gasteiger partial charge in [0.1, 0.15) is 0 Å². The van der Waals surface area contributed by atoms with Gasteiger partial charge in [-0.2, -0.15) is 0 Å². The van der Waals surface area contributed by atoms with Gasteiger partial charge in [-0.25, -0.2) is 0 Å². The molecule has 3 fully saturated rings. The maximum atomic E-state index is 2.42. The lowest BCUT2D eigenvalue weighted by Crippen LogP contribution is -2.50. The quantitative estimate of drug-likeness (QED) is 0.481. The Labute approximate surface area is 64.0 Å². The second-order valence-corrected chi connectivity index (χ2v) is 4.65. The van der Waals surface area contributed by atoms with Crippen molar-refractivity contribution in [3.8, 4) is 0 Å². The molecule has 3 aliphatic carbocycles. The minimum atomic E-state index is 0.623. The molecular formula is C10H17. The topological polar surface area (TPSA) is 0 Å². The second kappa shape index (κ2) is 1.78. The lowest BCUT2D eigenvalue weighted by Gasteiger charge is -2.59. The smallest absolute Gasteiger partial charge is 0.0179 e. The second-order valence-electron chi connectivity index (χ2n) is 4.65. The first-order chi connectivity index (χ1) is 4.62. The molecular weight excluding hydrogens is 120 g/mol. The summed E-state index contributed by atoms with van der Waals surface area (Å²) < 4.78 is 0. The van der Waals surface area contributed by atoms with Gasteiger partial charge in [0.05, 0.1) is 0 Å². The van der Waals surface area contributed by atoms with Gasteiger partial charge in [-0.1, -0.05) is 20.8 Å². The first-order valence-electron chi connectivity index (χ1n) is 4.47. The van der Waals surface area contributed by atoms with Crippen molar-refractivity contribution in [1.29, 1.82) is 0 Å². The number of hydrogen-bond donors (Lipinski definition) is 0. The normalized spacial score (nSPS) is 44.7. The third kappa shape index (κ3) is 0.627. The summed E-state index contributed by atoms with van der Waals surface area (Å²) in [5.74, 6) is 3.86. The van der Waals surface area contributed by atoms with Gasteiger partial charge in [-0.3, -0.25) is 0 Å². The summed E-state index contributed by atoms with van der Waals surface area (Å²) in [7, 11) is 0. The molecule has 0 spiro atoms. The highest BCUT2D eigenvalue weighted by Crippen LogP contribution is 2.62.